The van der Waals surface area contributed by atoms with Gasteiger partial charge in [0.2, 0.25) is 0 Å². The summed E-state index contributed by atoms with van der Waals surface area (Å²) >= 11 is 0. The van der Waals surface area contributed by atoms with E-state index in [1.807, 2.05) is 0 Å². The highest BCUT2D eigenvalue weighted by Gasteiger charge is 2.51. The van der Waals surface area contributed by atoms with E-state index in [2.05, 4.69) is 0 Å². The van der Waals surface area contributed by atoms with E-state index in [1.165, 1.54) is 6.92 Å². The lowest BCUT2D eigenvalue weighted by molar-refractivity contribution is -0.252. The number of ether oxygens (including phenoxy) is 5. The Morgan fingerprint density at radius 1 is 0.769 bits per heavy atom. The van der Waals surface area contributed by atoms with Crippen molar-refractivity contribution >= 4 is 30.2 Å². The van der Waals surface area contributed by atoms with E-state index < -0.39 is 54.4 Å². The number of hydrogen-bond acceptors (Lipinski definition) is 10. The normalized spacial score (nSPS) is 27.8. The predicted octanol–water partition coefficient (Wildman–Crippen LogP) is -0.299. The molecule has 0 aromatic carbocycles. The highest BCUT2D eigenvalue weighted by molar-refractivity contribution is 5.69. The molecule has 26 heavy (non-hydrogen) atoms. The van der Waals surface area contributed by atoms with Gasteiger partial charge in [0, 0.05) is 34.1 Å². The van der Waals surface area contributed by atoms with Crippen LogP contribution in [0.3, 0.4) is 0 Å². The van der Waals surface area contributed by atoms with Gasteiger partial charge < -0.3 is 28.5 Å². The van der Waals surface area contributed by atoms with Crippen LogP contribution in [0.4, 0.5) is 0 Å². The van der Waals surface area contributed by atoms with Crippen LogP contribution in [0.15, 0.2) is 0 Å². The maximum atomic E-state index is 11.5. The highest BCUT2D eigenvalue weighted by Crippen LogP contribution is 2.30. The van der Waals surface area contributed by atoms with Crippen molar-refractivity contribution in [2.75, 3.05) is 6.61 Å². The fourth-order valence-corrected chi connectivity index (χ4v) is 2.60. The van der Waals surface area contributed by atoms with Crippen LogP contribution in [0, 0.1) is 0 Å². The molecule has 1 saturated heterocycles. The van der Waals surface area contributed by atoms with Crippen LogP contribution in [-0.4, -0.2) is 67.3 Å². The zero-order valence-electron chi connectivity index (χ0n) is 15.0. The fraction of sp³-hybridized carbons (Fsp3) is 0.688. The first kappa shape index (κ1) is 21.6. The van der Waals surface area contributed by atoms with Crippen LogP contribution in [0.1, 0.15) is 34.1 Å². The first-order valence-corrected chi connectivity index (χ1v) is 7.89. The molecule has 0 unspecified atom stereocenters. The first-order chi connectivity index (χ1) is 12.1. The van der Waals surface area contributed by atoms with E-state index in [1.54, 1.807) is 0 Å². The number of carbonyl (C=O) groups excluding carboxylic acids is 5. The Bertz CT molecular complexity index is 557. The zero-order chi connectivity index (χ0) is 19.9. The van der Waals surface area contributed by atoms with Crippen molar-refractivity contribution in [3.05, 3.63) is 0 Å². The summed E-state index contributed by atoms with van der Waals surface area (Å²) < 4.78 is 26.1. The predicted molar refractivity (Wildman–Crippen MR) is 82.6 cm³/mol. The maximum Gasteiger partial charge on any atom is 0.303 e. The topological polar surface area (TPSA) is 132 Å². The Balaban J connectivity index is 3.24. The van der Waals surface area contributed by atoms with Crippen molar-refractivity contribution in [2.45, 2.75) is 64.6 Å². The van der Waals surface area contributed by atoms with Crippen molar-refractivity contribution < 1.29 is 47.7 Å². The molecule has 0 spiro atoms. The average Bonchev–Trinajstić information content (AvgIpc) is 2.50. The molecule has 0 amide bonds. The van der Waals surface area contributed by atoms with Gasteiger partial charge in [-0.25, -0.2) is 0 Å². The average molecular weight is 374 g/mol. The minimum Gasteiger partial charge on any atom is -0.463 e. The monoisotopic (exact) mass is 374 g/mol. The first-order valence-electron chi connectivity index (χ1n) is 7.89. The molecule has 1 aliphatic rings. The van der Waals surface area contributed by atoms with Gasteiger partial charge in [0.05, 0.1) is 0 Å². The van der Waals surface area contributed by atoms with Crippen LogP contribution in [0.25, 0.3) is 0 Å². The maximum absolute atomic E-state index is 11.5. The van der Waals surface area contributed by atoms with E-state index in [4.69, 9.17) is 23.7 Å². The van der Waals surface area contributed by atoms with E-state index in [0.29, 0.717) is 6.29 Å². The summed E-state index contributed by atoms with van der Waals surface area (Å²) in [7, 11) is 0. The Hall–Kier alpha value is -2.49. The molecule has 1 rings (SSSR count). The Morgan fingerprint density at radius 3 is 1.65 bits per heavy atom. The van der Waals surface area contributed by atoms with Gasteiger partial charge >= 0.3 is 23.9 Å². The van der Waals surface area contributed by atoms with Crippen molar-refractivity contribution in [1.82, 2.24) is 0 Å². The minimum atomic E-state index is -1.24. The van der Waals surface area contributed by atoms with Crippen LogP contribution in [-0.2, 0) is 47.7 Å². The summed E-state index contributed by atoms with van der Waals surface area (Å²) in [5.41, 5.74) is 0. The Labute approximate surface area is 150 Å². The third kappa shape index (κ3) is 6.43. The number of esters is 4. The summed E-state index contributed by atoms with van der Waals surface area (Å²) in [4.78, 5) is 56.5. The SMILES string of the molecule is CC(=O)OC[C@H]1O[C@H](CC=O)[C@H](OC(C)=O)[C@@H](OC(C)=O)[C@H]1OC(C)=O. The van der Waals surface area contributed by atoms with Crippen LogP contribution in [0.5, 0.6) is 0 Å². The Morgan fingerprint density at radius 2 is 1.23 bits per heavy atom. The Kier molecular flexibility index (Phi) is 8.17. The molecular weight excluding hydrogens is 352 g/mol. The van der Waals surface area contributed by atoms with Gasteiger partial charge in [-0.1, -0.05) is 0 Å². The molecule has 1 aliphatic heterocycles. The van der Waals surface area contributed by atoms with Gasteiger partial charge in [0.1, 0.15) is 25.1 Å². The van der Waals surface area contributed by atoms with Crippen LogP contribution in [0.2, 0.25) is 0 Å². The smallest absolute Gasteiger partial charge is 0.303 e. The van der Waals surface area contributed by atoms with Crippen LogP contribution >= 0.6 is 0 Å². The molecule has 0 aromatic heterocycles. The molecule has 0 radical (unpaired) electrons. The van der Waals surface area contributed by atoms with Crippen molar-refractivity contribution in [1.29, 1.82) is 0 Å². The standard InChI is InChI=1S/C16H22O10/c1-8(18)22-7-13-15(24-10(3)20)16(25-11(4)21)14(23-9(2)19)12(26-13)5-6-17/h6,12-16H,5,7H2,1-4H3/t12-,13-,14+,15+,16-/m1/s1. The summed E-state index contributed by atoms with van der Waals surface area (Å²) in [5.74, 6) is -2.73. The van der Waals surface area contributed by atoms with E-state index in [-0.39, 0.29) is 13.0 Å². The van der Waals surface area contributed by atoms with E-state index >= 15 is 0 Å². The molecule has 1 heterocycles. The van der Waals surface area contributed by atoms with Crippen molar-refractivity contribution in [3.63, 3.8) is 0 Å². The lowest BCUT2D eigenvalue weighted by atomic mass is 9.93. The van der Waals surface area contributed by atoms with Gasteiger partial charge in [0.25, 0.3) is 0 Å². The van der Waals surface area contributed by atoms with Gasteiger partial charge in [-0.15, -0.1) is 0 Å². The second-order valence-corrected chi connectivity index (χ2v) is 5.64. The summed E-state index contributed by atoms with van der Waals surface area (Å²) in [6.45, 7) is 4.26. The number of carbonyl (C=O) groups is 5. The highest BCUT2D eigenvalue weighted by atomic mass is 16.7. The lowest BCUT2D eigenvalue weighted by Gasteiger charge is -2.44. The van der Waals surface area contributed by atoms with Gasteiger partial charge in [0.15, 0.2) is 18.3 Å². The van der Waals surface area contributed by atoms with Crippen molar-refractivity contribution in [3.8, 4) is 0 Å². The number of aldehydes is 1. The molecule has 1 fully saturated rings. The van der Waals surface area contributed by atoms with Crippen molar-refractivity contribution in [2.24, 2.45) is 0 Å². The minimum absolute atomic E-state index is 0.181. The largest absolute Gasteiger partial charge is 0.463 e. The summed E-state index contributed by atoms with van der Waals surface area (Å²) in [6, 6.07) is 0. The molecule has 0 bridgehead atoms. The second kappa shape index (κ2) is 9.85. The quantitative estimate of drug-likeness (QED) is 0.332. The molecule has 146 valence electrons. The number of rotatable bonds is 7. The summed E-state index contributed by atoms with van der Waals surface area (Å²) in [5, 5.41) is 0. The third-order valence-corrected chi connectivity index (χ3v) is 3.42. The fourth-order valence-electron chi connectivity index (χ4n) is 2.60. The summed E-state index contributed by atoms with van der Waals surface area (Å²) in [6.07, 6.45) is -5.26. The zero-order valence-corrected chi connectivity index (χ0v) is 15.0. The molecule has 10 heteroatoms. The van der Waals surface area contributed by atoms with E-state index in [9.17, 15) is 24.0 Å². The molecule has 0 aliphatic carbocycles. The van der Waals surface area contributed by atoms with E-state index in [0.717, 1.165) is 20.8 Å². The molecule has 10 nitrogen and oxygen atoms in total. The molecular formula is C16H22O10. The second-order valence-electron chi connectivity index (χ2n) is 5.64. The lowest BCUT2D eigenvalue weighted by Crippen LogP contribution is -2.62. The molecule has 0 N–H and O–H groups in total. The van der Waals surface area contributed by atoms with Gasteiger partial charge in [-0.05, 0) is 0 Å². The number of hydrogen-bond donors (Lipinski definition) is 0. The molecule has 0 aromatic rings. The molecule has 0 saturated carbocycles. The van der Waals surface area contributed by atoms with Crippen LogP contribution < -0.4 is 0 Å². The third-order valence-electron chi connectivity index (χ3n) is 3.42. The molecule has 5 atom stereocenters. The van der Waals surface area contributed by atoms with Gasteiger partial charge in [-0.3, -0.25) is 19.2 Å². The van der Waals surface area contributed by atoms with Gasteiger partial charge in [-0.2, -0.15) is 0 Å².